The highest BCUT2D eigenvalue weighted by Crippen LogP contribution is 2.25. The number of anilines is 4. The third kappa shape index (κ3) is 16.5. The van der Waals surface area contributed by atoms with Gasteiger partial charge in [-0.15, -0.1) is 0 Å². The lowest BCUT2D eigenvalue weighted by molar-refractivity contribution is -0.115. The monoisotopic (exact) mass is 625 g/mol. The molecular formula is C28H38Cl3N7O3. The van der Waals surface area contributed by atoms with Crippen molar-refractivity contribution in [1.82, 2.24) is 15.0 Å². The van der Waals surface area contributed by atoms with Gasteiger partial charge in [0.2, 0.25) is 23.1 Å². The van der Waals surface area contributed by atoms with Crippen molar-refractivity contribution in [1.29, 1.82) is 0 Å². The lowest BCUT2D eigenvalue weighted by Gasteiger charge is -2.11. The molecule has 2 amide bonds. The largest absolute Gasteiger partial charge is 0.447 e. The average Bonchev–Trinajstić information content (AvgIpc) is 2.86. The highest BCUT2D eigenvalue weighted by molar-refractivity contribution is 6.42. The third-order valence-corrected chi connectivity index (χ3v) is 5.24. The standard InChI is InChI=1S/C10H13NO2.C9H9Cl2NO.C9H16ClN5/c1-8(2)13-10(12)11-9-6-4-3-5-7-9;1-2-9(13)12-6-3-4-7(10)8(11)5-6;1-5(2)11-8-13-7(10)14-9(15-8)12-6(3)4/h3-8H,1-2H3,(H,11,12);3-5H,2H2,1H3,(H,12,13);5-6H,1-4H3,(H2,11,12,13,14,15). The molecule has 2 aromatic carbocycles. The second kappa shape index (κ2) is 18.9. The summed E-state index contributed by atoms with van der Waals surface area (Å²) >= 11 is 17.2. The molecule has 3 rings (SSSR count). The molecule has 0 saturated carbocycles. The summed E-state index contributed by atoms with van der Waals surface area (Å²) in [6.07, 6.45) is -0.0647. The molecule has 0 aliphatic rings. The second-order valence-corrected chi connectivity index (χ2v) is 10.5. The normalized spacial score (nSPS) is 10.2. The highest BCUT2D eigenvalue weighted by Gasteiger charge is 2.07. The molecule has 0 fully saturated rings. The van der Waals surface area contributed by atoms with Gasteiger partial charge in [-0.1, -0.05) is 48.3 Å². The maximum absolute atomic E-state index is 11.1. The van der Waals surface area contributed by atoms with E-state index in [0.717, 1.165) is 5.69 Å². The van der Waals surface area contributed by atoms with Crippen molar-refractivity contribution in [2.24, 2.45) is 0 Å². The Kier molecular flexibility index (Phi) is 16.5. The van der Waals surface area contributed by atoms with Crippen LogP contribution in [0.2, 0.25) is 15.3 Å². The summed E-state index contributed by atoms with van der Waals surface area (Å²) < 4.78 is 4.90. The first-order valence-corrected chi connectivity index (χ1v) is 14.1. The van der Waals surface area contributed by atoms with Gasteiger partial charge in [0.1, 0.15) is 0 Å². The van der Waals surface area contributed by atoms with Gasteiger partial charge >= 0.3 is 6.09 Å². The minimum atomic E-state index is -0.416. The number of aromatic nitrogens is 3. The molecule has 0 saturated heterocycles. The number of rotatable bonds is 8. The quantitative estimate of drug-likeness (QED) is 0.197. The maximum atomic E-state index is 11.1. The van der Waals surface area contributed by atoms with Gasteiger partial charge in [0, 0.05) is 29.9 Å². The summed E-state index contributed by atoms with van der Waals surface area (Å²) in [5.74, 6) is 0.944. The van der Waals surface area contributed by atoms with Crippen molar-refractivity contribution in [3.8, 4) is 0 Å². The molecule has 4 N–H and O–H groups in total. The Balaban J connectivity index is 0.000000309. The van der Waals surface area contributed by atoms with Crippen molar-refractivity contribution >= 4 is 70.1 Å². The fourth-order valence-electron chi connectivity index (χ4n) is 2.70. The summed E-state index contributed by atoms with van der Waals surface area (Å²) in [6.45, 7) is 13.4. The molecule has 0 atom stereocenters. The highest BCUT2D eigenvalue weighted by atomic mass is 35.5. The van der Waals surface area contributed by atoms with E-state index < -0.39 is 6.09 Å². The van der Waals surface area contributed by atoms with Crippen molar-refractivity contribution in [3.05, 3.63) is 63.9 Å². The van der Waals surface area contributed by atoms with Crippen LogP contribution in [0.4, 0.5) is 28.1 Å². The van der Waals surface area contributed by atoms with Crippen LogP contribution in [0.1, 0.15) is 54.9 Å². The summed E-state index contributed by atoms with van der Waals surface area (Å²) in [4.78, 5) is 34.2. The number of benzene rings is 2. The zero-order chi connectivity index (χ0) is 30.9. The number of ether oxygens (including phenoxy) is 1. The average molecular weight is 627 g/mol. The van der Waals surface area contributed by atoms with Gasteiger partial charge in [-0.3, -0.25) is 10.1 Å². The van der Waals surface area contributed by atoms with Crippen LogP contribution in [0.5, 0.6) is 0 Å². The zero-order valence-electron chi connectivity index (χ0n) is 24.3. The lowest BCUT2D eigenvalue weighted by atomic mass is 10.3. The van der Waals surface area contributed by atoms with Gasteiger partial charge in [0.05, 0.1) is 16.1 Å². The molecular weight excluding hydrogens is 589 g/mol. The van der Waals surface area contributed by atoms with Gasteiger partial charge in [-0.05, 0) is 83.5 Å². The molecule has 3 aromatic rings. The Morgan fingerprint density at radius 2 is 1.32 bits per heavy atom. The van der Waals surface area contributed by atoms with E-state index in [1.54, 1.807) is 25.1 Å². The van der Waals surface area contributed by atoms with Crippen LogP contribution in [0.15, 0.2) is 48.5 Å². The first-order chi connectivity index (χ1) is 19.3. The minimum absolute atomic E-state index is 0.0432. The number of hydrogen-bond donors (Lipinski definition) is 4. The van der Waals surface area contributed by atoms with Crippen LogP contribution >= 0.6 is 34.8 Å². The van der Waals surface area contributed by atoms with Crippen molar-refractivity contribution in [2.75, 3.05) is 21.3 Å². The molecule has 0 aliphatic heterocycles. The number of para-hydroxylation sites is 1. The number of nitrogens with zero attached hydrogens (tertiary/aromatic N) is 3. The third-order valence-electron chi connectivity index (χ3n) is 4.33. The Hall–Kier alpha value is -3.34. The maximum Gasteiger partial charge on any atom is 0.411 e. The molecule has 1 aromatic heterocycles. The Bertz CT molecular complexity index is 1200. The van der Waals surface area contributed by atoms with E-state index in [4.69, 9.17) is 39.5 Å². The molecule has 41 heavy (non-hydrogen) atoms. The van der Waals surface area contributed by atoms with E-state index in [-0.39, 0.29) is 29.4 Å². The van der Waals surface area contributed by atoms with Gasteiger partial charge < -0.3 is 20.7 Å². The van der Waals surface area contributed by atoms with Crippen LogP contribution in [0, 0.1) is 0 Å². The minimum Gasteiger partial charge on any atom is -0.447 e. The van der Waals surface area contributed by atoms with Gasteiger partial charge in [-0.25, -0.2) is 4.79 Å². The molecule has 13 heteroatoms. The van der Waals surface area contributed by atoms with Crippen molar-refractivity contribution in [3.63, 3.8) is 0 Å². The van der Waals surface area contributed by atoms with Crippen LogP contribution in [0.25, 0.3) is 0 Å². The summed E-state index contributed by atoms with van der Waals surface area (Å²) in [5, 5.41) is 12.5. The fraction of sp³-hybridized carbons (Fsp3) is 0.393. The summed E-state index contributed by atoms with van der Waals surface area (Å²) in [6, 6.07) is 14.7. The molecule has 0 spiro atoms. The lowest BCUT2D eigenvalue weighted by Crippen LogP contribution is -2.17. The van der Waals surface area contributed by atoms with E-state index in [0.29, 0.717) is 34.1 Å². The molecule has 1 heterocycles. The molecule has 0 radical (unpaired) electrons. The topological polar surface area (TPSA) is 130 Å². The molecule has 0 unspecified atom stereocenters. The van der Waals surface area contributed by atoms with E-state index in [1.165, 1.54) is 0 Å². The van der Waals surface area contributed by atoms with Crippen LogP contribution < -0.4 is 21.3 Å². The molecule has 0 bridgehead atoms. The van der Waals surface area contributed by atoms with Crippen LogP contribution in [-0.2, 0) is 9.53 Å². The van der Waals surface area contributed by atoms with Gasteiger partial charge in [0.15, 0.2) is 0 Å². The molecule has 10 nitrogen and oxygen atoms in total. The summed E-state index contributed by atoms with van der Waals surface area (Å²) in [5.41, 5.74) is 1.41. The van der Waals surface area contributed by atoms with Crippen molar-refractivity contribution in [2.45, 2.75) is 73.1 Å². The SMILES string of the molecule is CC(C)Nc1nc(Cl)nc(NC(C)C)n1.CC(C)OC(=O)Nc1ccccc1.CCC(=O)Nc1ccc(Cl)c(Cl)c1. The van der Waals surface area contributed by atoms with E-state index in [2.05, 4.69) is 36.2 Å². The number of hydrogen-bond acceptors (Lipinski definition) is 8. The second-order valence-electron chi connectivity index (χ2n) is 9.33. The van der Waals surface area contributed by atoms with Gasteiger partial charge in [0.25, 0.3) is 0 Å². The first-order valence-electron chi connectivity index (χ1n) is 13.0. The Morgan fingerprint density at radius 1 is 0.756 bits per heavy atom. The van der Waals surface area contributed by atoms with E-state index in [9.17, 15) is 9.59 Å². The number of amides is 2. The van der Waals surface area contributed by atoms with Crippen molar-refractivity contribution < 1.29 is 14.3 Å². The smallest absolute Gasteiger partial charge is 0.411 e. The number of carbonyl (C=O) groups excluding carboxylic acids is 2. The fourth-order valence-corrected chi connectivity index (χ4v) is 3.16. The zero-order valence-corrected chi connectivity index (χ0v) is 26.5. The molecule has 224 valence electrons. The summed E-state index contributed by atoms with van der Waals surface area (Å²) in [7, 11) is 0. The van der Waals surface area contributed by atoms with Crippen LogP contribution in [-0.4, -0.2) is 45.1 Å². The number of carbonyl (C=O) groups is 2. The first kappa shape index (κ1) is 35.7. The predicted octanol–water partition coefficient (Wildman–Crippen LogP) is 8.15. The molecule has 0 aliphatic carbocycles. The Morgan fingerprint density at radius 3 is 1.78 bits per heavy atom. The van der Waals surface area contributed by atoms with Gasteiger partial charge in [-0.2, -0.15) is 15.0 Å². The number of nitrogens with one attached hydrogen (secondary N) is 4. The predicted molar refractivity (Wildman–Crippen MR) is 169 cm³/mol. The van der Waals surface area contributed by atoms with E-state index in [1.807, 2.05) is 71.9 Å². The Labute approximate surface area is 257 Å². The van der Waals surface area contributed by atoms with Crippen LogP contribution in [0.3, 0.4) is 0 Å². The van der Waals surface area contributed by atoms with E-state index >= 15 is 0 Å². The number of halogens is 3.